The van der Waals surface area contributed by atoms with Gasteiger partial charge in [-0.25, -0.2) is 8.42 Å². The fraction of sp³-hybridized carbons (Fsp3) is 0.647. The second kappa shape index (κ2) is 7.01. The van der Waals surface area contributed by atoms with Crippen molar-refractivity contribution in [1.29, 1.82) is 0 Å². The van der Waals surface area contributed by atoms with Gasteiger partial charge in [0.15, 0.2) is 9.84 Å². The first-order valence-electron chi connectivity index (χ1n) is 7.60. The van der Waals surface area contributed by atoms with Crippen molar-refractivity contribution in [3.8, 4) is 5.75 Å². The molecule has 126 valence electrons. The van der Waals surface area contributed by atoms with E-state index in [1.165, 1.54) is 0 Å². The lowest BCUT2D eigenvalue weighted by molar-refractivity contribution is 0.198. The molecular weight excluding hydrogens is 298 g/mol. The van der Waals surface area contributed by atoms with Crippen LogP contribution in [0.15, 0.2) is 29.2 Å². The van der Waals surface area contributed by atoms with E-state index in [0.717, 1.165) is 0 Å². The van der Waals surface area contributed by atoms with Gasteiger partial charge in [0.1, 0.15) is 5.75 Å². The Hall–Kier alpha value is -1.07. The summed E-state index contributed by atoms with van der Waals surface area (Å²) in [5.74, 6) is 0.786. The Balaban J connectivity index is 2.65. The van der Waals surface area contributed by atoms with E-state index < -0.39 is 9.84 Å². The largest absolute Gasteiger partial charge is 0.493 e. The van der Waals surface area contributed by atoms with Crippen molar-refractivity contribution in [3.63, 3.8) is 0 Å². The second-order valence-corrected chi connectivity index (χ2v) is 9.93. The van der Waals surface area contributed by atoms with Crippen LogP contribution in [-0.2, 0) is 9.84 Å². The molecular formula is C17H29NO3S. The average molecular weight is 327 g/mol. The summed E-state index contributed by atoms with van der Waals surface area (Å²) in [6.07, 6.45) is 0. The SMILES string of the molecule is CC(C)(C)COc1ccc(S(=O)(=O)CCNC(C)(C)C)cc1. The first-order valence-corrected chi connectivity index (χ1v) is 9.25. The molecule has 1 rings (SSSR count). The van der Waals surface area contributed by atoms with Crippen molar-refractivity contribution in [1.82, 2.24) is 5.32 Å². The highest BCUT2D eigenvalue weighted by Crippen LogP contribution is 2.20. The molecule has 0 aliphatic carbocycles. The van der Waals surface area contributed by atoms with Crippen LogP contribution >= 0.6 is 0 Å². The summed E-state index contributed by atoms with van der Waals surface area (Å²) in [6.45, 7) is 13.3. The molecule has 0 saturated heterocycles. The zero-order valence-corrected chi connectivity index (χ0v) is 15.4. The number of benzene rings is 1. The molecule has 0 aliphatic heterocycles. The average Bonchev–Trinajstić information content (AvgIpc) is 2.34. The molecule has 0 atom stereocenters. The molecule has 0 radical (unpaired) electrons. The van der Waals surface area contributed by atoms with Gasteiger partial charge in [-0.3, -0.25) is 0 Å². The smallest absolute Gasteiger partial charge is 0.179 e. The summed E-state index contributed by atoms with van der Waals surface area (Å²) in [5, 5.41) is 3.19. The van der Waals surface area contributed by atoms with Crippen LogP contribution in [0.1, 0.15) is 41.5 Å². The maximum Gasteiger partial charge on any atom is 0.179 e. The molecule has 0 saturated carbocycles. The zero-order chi connectivity index (χ0) is 17.0. The lowest BCUT2D eigenvalue weighted by atomic mass is 9.99. The van der Waals surface area contributed by atoms with Crippen molar-refractivity contribution in [3.05, 3.63) is 24.3 Å². The van der Waals surface area contributed by atoms with E-state index in [2.05, 4.69) is 26.1 Å². The first kappa shape index (κ1) is 19.0. The van der Waals surface area contributed by atoms with E-state index in [4.69, 9.17) is 4.74 Å². The number of hydrogen-bond acceptors (Lipinski definition) is 4. The van der Waals surface area contributed by atoms with Gasteiger partial charge in [-0.15, -0.1) is 0 Å². The van der Waals surface area contributed by atoms with Gasteiger partial charge >= 0.3 is 0 Å². The lowest BCUT2D eigenvalue weighted by Gasteiger charge is -2.20. The number of ether oxygens (including phenoxy) is 1. The number of sulfone groups is 1. The van der Waals surface area contributed by atoms with Gasteiger partial charge in [0.25, 0.3) is 0 Å². The second-order valence-electron chi connectivity index (χ2n) is 7.82. The molecule has 0 aliphatic rings. The molecule has 0 aromatic heterocycles. The normalized spacial score (nSPS) is 13.2. The maximum absolute atomic E-state index is 12.3. The summed E-state index contributed by atoms with van der Waals surface area (Å²) < 4.78 is 30.2. The molecule has 0 amide bonds. The van der Waals surface area contributed by atoms with Gasteiger partial charge in [0.05, 0.1) is 17.3 Å². The predicted molar refractivity (Wildman–Crippen MR) is 91.2 cm³/mol. The van der Waals surface area contributed by atoms with Crippen molar-refractivity contribution in [2.24, 2.45) is 5.41 Å². The van der Waals surface area contributed by atoms with Gasteiger partial charge in [-0.05, 0) is 50.5 Å². The Labute approximate surface area is 135 Å². The minimum Gasteiger partial charge on any atom is -0.493 e. The van der Waals surface area contributed by atoms with Crippen LogP contribution in [0.5, 0.6) is 5.75 Å². The Kier molecular flexibility index (Phi) is 6.04. The Morgan fingerprint density at radius 3 is 2.00 bits per heavy atom. The van der Waals surface area contributed by atoms with E-state index in [0.29, 0.717) is 23.8 Å². The maximum atomic E-state index is 12.3. The third-order valence-electron chi connectivity index (χ3n) is 2.88. The van der Waals surface area contributed by atoms with Crippen molar-refractivity contribution in [2.45, 2.75) is 52.0 Å². The van der Waals surface area contributed by atoms with Crippen LogP contribution < -0.4 is 10.1 Å². The molecule has 0 bridgehead atoms. The fourth-order valence-corrected chi connectivity index (χ4v) is 2.88. The molecule has 22 heavy (non-hydrogen) atoms. The topological polar surface area (TPSA) is 55.4 Å². The van der Waals surface area contributed by atoms with Crippen molar-refractivity contribution < 1.29 is 13.2 Å². The van der Waals surface area contributed by atoms with E-state index in [1.54, 1.807) is 24.3 Å². The van der Waals surface area contributed by atoms with Crippen LogP contribution in [0.4, 0.5) is 0 Å². The van der Waals surface area contributed by atoms with Gasteiger partial charge in [-0.1, -0.05) is 20.8 Å². The Bertz CT molecular complexity index is 563. The fourth-order valence-electron chi connectivity index (χ4n) is 1.72. The van der Waals surface area contributed by atoms with E-state index >= 15 is 0 Å². The highest BCUT2D eigenvalue weighted by molar-refractivity contribution is 7.91. The molecule has 4 nitrogen and oxygen atoms in total. The van der Waals surface area contributed by atoms with Crippen LogP contribution in [0.2, 0.25) is 0 Å². The predicted octanol–water partition coefficient (Wildman–Crippen LogP) is 3.27. The van der Waals surface area contributed by atoms with E-state index in [1.807, 2.05) is 20.8 Å². The monoisotopic (exact) mass is 327 g/mol. The molecule has 1 aromatic carbocycles. The summed E-state index contributed by atoms with van der Waals surface area (Å²) in [4.78, 5) is 0.339. The van der Waals surface area contributed by atoms with Gasteiger partial charge in [-0.2, -0.15) is 0 Å². The summed E-state index contributed by atoms with van der Waals surface area (Å²) in [6, 6.07) is 6.67. The third kappa shape index (κ3) is 7.27. The van der Waals surface area contributed by atoms with E-state index in [-0.39, 0.29) is 16.7 Å². The van der Waals surface area contributed by atoms with Crippen molar-refractivity contribution >= 4 is 9.84 Å². The molecule has 1 N–H and O–H groups in total. The highest BCUT2D eigenvalue weighted by Gasteiger charge is 2.17. The molecule has 0 spiro atoms. The molecule has 1 aromatic rings. The first-order chi connectivity index (χ1) is 9.89. The quantitative estimate of drug-likeness (QED) is 0.871. The highest BCUT2D eigenvalue weighted by atomic mass is 32.2. The van der Waals surface area contributed by atoms with Crippen LogP contribution in [0, 0.1) is 5.41 Å². The summed E-state index contributed by atoms with van der Waals surface area (Å²) in [5.41, 5.74) is -0.0104. The van der Waals surface area contributed by atoms with Crippen LogP contribution in [-0.4, -0.2) is 32.9 Å². The minimum absolute atomic E-state index is 0.0728. The number of rotatable bonds is 6. The van der Waals surface area contributed by atoms with Gasteiger partial charge < -0.3 is 10.1 Å². The number of nitrogens with one attached hydrogen (secondary N) is 1. The van der Waals surface area contributed by atoms with Gasteiger partial charge in [0, 0.05) is 12.1 Å². The summed E-state index contributed by atoms with van der Waals surface area (Å²) in [7, 11) is -3.26. The van der Waals surface area contributed by atoms with Crippen LogP contribution in [0.25, 0.3) is 0 Å². The molecule has 0 heterocycles. The van der Waals surface area contributed by atoms with Gasteiger partial charge in [0.2, 0.25) is 0 Å². The zero-order valence-electron chi connectivity index (χ0n) is 14.6. The molecule has 0 unspecified atom stereocenters. The molecule has 5 heteroatoms. The number of hydrogen-bond donors (Lipinski definition) is 1. The summed E-state index contributed by atoms with van der Waals surface area (Å²) >= 11 is 0. The minimum atomic E-state index is -3.26. The van der Waals surface area contributed by atoms with Crippen molar-refractivity contribution in [2.75, 3.05) is 18.9 Å². The van der Waals surface area contributed by atoms with E-state index in [9.17, 15) is 8.42 Å². The Morgan fingerprint density at radius 1 is 1.00 bits per heavy atom. The van der Waals surface area contributed by atoms with Crippen LogP contribution in [0.3, 0.4) is 0 Å². The lowest BCUT2D eigenvalue weighted by Crippen LogP contribution is -2.38. The Morgan fingerprint density at radius 2 is 1.55 bits per heavy atom. The standard InChI is InChI=1S/C17H29NO3S/c1-16(2,3)13-21-14-7-9-15(10-8-14)22(19,20)12-11-18-17(4,5)6/h7-10,18H,11-13H2,1-6H3. The molecule has 0 fully saturated rings. The third-order valence-corrected chi connectivity index (χ3v) is 4.61.